The van der Waals surface area contributed by atoms with Gasteiger partial charge in [-0.15, -0.1) is 0 Å². The average Bonchev–Trinajstić information content (AvgIpc) is 2.06. The van der Waals surface area contributed by atoms with E-state index in [1.165, 1.54) is 6.92 Å². The highest BCUT2D eigenvalue weighted by Crippen LogP contribution is 2.34. The maximum atomic E-state index is 10.6. The highest BCUT2D eigenvalue weighted by Gasteiger charge is 2.40. The van der Waals surface area contributed by atoms with Crippen molar-refractivity contribution in [2.45, 2.75) is 32.3 Å². The molecule has 0 aromatic heterocycles. The molecule has 1 aliphatic carbocycles. The Morgan fingerprint density at radius 2 is 2.54 bits per heavy atom. The molecular formula is C9H14N2O2. The zero-order valence-corrected chi connectivity index (χ0v) is 7.75. The lowest BCUT2D eigenvalue weighted by atomic mass is 9.75. The van der Waals surface area contributed by atoms with Crippen molar-refractivity contribution in [3.05, 3.63) is 0 Å². The van der Waals surface area contributed by atoms with Gasteiger partial charge in [0.15, 0.2) is 0 Å². The maximum Gasteiger partial charge on any atom is 0.236 e. The number of nitrogens with zero attached hydrogens (tertiary/aromatic N) is 1. The van der Waals surface area contributed by atoms with Gasteiger partial charge in [0.2, 0.25) is 5.91 Å². The number of ether oxygens (including phenoxy) is 1. The number of hydrogen-bond donors (Lipinski definition) is 1. The summed E-state index contributed by atoms with van der Waals surface area (Å²) in [6.45, 7) is 2.35. The molecule has 2 aliphatic rings. The summed E-state index contributed by atoms with van der Waals surface area (Å²) < 4.78 is 5.52. The van der Waals surface area contributed by atoms with Gasteiger partial charge in [-0.05, 0) is 12.8 Å². The van der Waals surface area contributed by atoms with Gasteiger partial charge in [0.25, 0.3) is 0 Å². The number of hydrazone groups is 1. The van der Waals surface area contributed by atoms with Gasteiger partial charge < -0.3 is 4.74 Å². The Kier molecular flexibility index (Phi) is 2.31. The highest BCUT2D eigenvalue weighted by molar-refractivity contribution is 5.94. The SMILES string of the molecule is CC(=O)N/N=C1/CC2OCCCC12. The van der Waals surface area contributed by atoms with E-state index in [0.29, 0.717) is 12.0 Å². The zero-order chi connectivity index (χ0) is 9.26. The number of rotatable bonds is 1. The van der Waals surface area contributed by atoms with Crippen molar-refractivity contribution in [3.63, 3.8) is 0 Å². The summed E-state index contributed by atoms with van der Waals surface area (Å²) in [4.78, 5) is 10.6. The molecule has 0 spiro atoms. The molecule has 1 saturated heterocycles. The van der Waals surface area contributed by atoms with Crippen LogP contribution in [-0.4, -0.2) is 24.3 Å². The van der Waals surface area contributed by atoms with Crippen molar-refractivity contribution in [2.24, 2.45) is 11.0 Å². The quantitative estimate of drug-likeness (QED) is 0.606. The van der Waals surface area contributed by atoms with E-state index in [2.05, 4.69) is 10.5 Å². The third-order valence-electron chi connectivity index (χ3n) is 2.64. The first kappa shape index (κ1) is 8.69. The minimum absolute atomic E-state index is 0.104. The summed E-state index contributed by atoms with van der Waals surface area (Å²) in [7, 11) is 0. The van der Waals surface area contributed by atoms with Crippen molar-refractivity contribution in [1.82, 2.24) is 5.43 Å². The maximum absolute atomic E-state index is 10.6. The molecule has 4 nitrogen and oxygen atoms in total. The molecule has 0 bridgehead atoms. The Morgan fingerprint density at radius 3 is 3.23 bits per heavy atom. The van der Waals surface area contributed by atoms with Crippen LogP contribution in [0.2, 0.25) is 0 Å². The van der Waals surface area contributed by atoms with Gasteiger partial charge in [-0.25, -0.2) is 5.43 Å². The summed E-state index contributed by atoms with van der Waals surface area (Å²) in [5.41, 5.74) is 3.57. The lowest BCUT2D eigenvalue weighted by Gasteiger charge is -2.41. The molecule has 2 rings (SSSR count). The van der Waals surface area contributed by atoms with Crippen molar-refractivity contribution in [1.29, 1.82) is 0 Å². The molecule has 0 aromatic rings. The second-order valence-electron chi connectivity index (χ2n) is 3.63. The smallest absolute Gasteiger partial charge is 0.236 e. The second kappa shape index (κ2) is 3.46. The van der Waals surface area contributed by atoms with Crippen molar-refractivity contribution >= 4 is 11.6 Å². The lowest BCUT2D eigenvalue weighted by molar-refractivity contribution is -0.119. The minimum Gasteiger partial charge on any atom is -0.377 e. The van der Waals surface area contributed by atoms with E-state index < -0.39 is 0 Å². The standard InChI is InChI=1S/C9H14N2O2/c1-6(12)10-11-8-5-9-7(8)3-2-4-13-9/h7,9H,2-5H2,1H3,(H,10,12)/b11-8-. The van der Waals surface area contributed by atoms with Gasteiger partial charge in [0.1, 0.15) is 0 Å². The van der Waals surface area contributed by atoms with E-state index in [4.69, 9.17) is 4.74 Å². The number of nitrogens with one attached hydrogen (secondary N) is 1. The Bertz CT molecular complexity index is 250. The molecule has 1 aliphatic heterocycles. The summed E-state index contributed by atoms with van der Waals surface area (Å²) in [5.74, 6) is 0.369. The first-order chi connectivity index (χ1) is 6.27. The van der Waals surface area contributed by atoms with E-state index in [-0.39, 0.29) is 5.91 Å². The van der Waals surface area contributed by atoms with Crippen LogP contribution in [0, 0.1) is 5.92 Å². The summed E-state index contributed by atoms with van der Waals surface area (Å²) >= 11 is 0. The molecule has 0 aromatic carbocycles. The molecule has 13 heavy (non-hydrogen) atoms. The first-order valence-electron chi connectivity index (χ1n) is 4.72. The molecule has 2 atom stereocenters. The normalized spacial score (nSPS) is 35.0. The number of hydrogen-bond acceptors (Lipinski definition) is 3. The number of fused-ring (bicyclic) bond motifs is 1. The molecule has 0 radical (unpaired) electrons. The van der Waals surface area contributed by atoms with E-state index >= 15 is 0 Å². The number of carbonyl (C=O) groups is 1. The van der Waals surface area contributed by atoms with Crippen LogP contribution in [0.3, 0.4) is 0 Å². The predicted octanol–water partition coefficient (Wildman–Crippen LogP) is 0.677. The van der Waals surface area contributed by atoms with Gasteiger partial charge >= 0.3 is 0 Å². The predicted molar refractivity (Wildman–Crippen MR) is 48.3 cm³/mol. The Labute approximate surface area is 77.3 Å². The van der Waals surface area contributed by atoms with Crippen LogP contribution >= 0.6 is 0 Å². The van der Waals surface area contributed by atoms with Crippen molar-refractivity contribution < 1.29 is 9.53 Å². The summed E-state index contributed by atoms with van der Waals surface area (Å²) in [5, 5.41) is 4.05. The lowest BCUT2D eigenvalue weighted by Crippen LogP contribution is -2.47. The largest absolute Gasteiger partial charge is 0.377 e. The molecular weight excluding hydrogens is 168 g/mol. The van der Waals surface area contributed by atoms with Crippen molar-refractivity contribution in [3.8, 4) is 0 Å². The molecule has 1 heterocycles. The highest BCUT2D eigenvalue weighted by atomic mass is 16.5. The van der Waals surface area contributed by atoms with Crippen LogP contribution in [0.1, 0.15) is 26.2 Å². The van der Waals surface area contributed by atoms with Crippen LogP contribution in [0.25, 0.3) is 0 Å². The van der Waals surface area contributed by atoms with E-state index in [1.54, 1.807) is 0 Å². The zero-order valence-electron chi connectivity index (χ0n) is 7.75. The molecule has 1 saturated carbocycles. The monoisotopic (exact) mass is 182 g/mol. The number of carbonyl (C=O) groups excluding carboxylic acids is 1. The van der Waals surface area contributed by atoms with Crippen LogP contribution in [0.15, 0.2) is 5.10 Å². The molecule has 1 N–H and O–H groups in total. The van der Waals surface area contributed by atoms with Gasteiger partial charge in [0, 0.05) is 31.6 Å². The van der Waals surface area contributed by atoms with Gasteiger partial charge in [-0.3, -0.25) is 4.79 Å². The van der Waals surface area contributed by atoms with Gasteiger partial charge in [0.05, 0.1) is 6.10 Å². The Balaban J connectivity index is 1.89. The van der Waals surface area contributed by atoms with Crippen molar-refractivity contribution in [2.75, 3.05) is 6.61 Å². The Morgan fingerprint density at radius 1 is 1.69 bits per heavy atom. The van der Waals surface area contributed by atoms with Gasteiger partial charge in [-0.1, -0.05) is 0 Å². The van der Waals surface area contributed by atoms with Crippen LogP contribution < -0.4 is 5.43 Å². The average molecular weight is 182 g/mol. The van der Waals surface area contributed by atoms with Crippen LogP contribution in [0.4, 0.5) is 0 Å². The molecule has 2 fully saturated rings. The van der Waals surface area contributed by atoms with Crippen LogP contribution in [-0.2, 0) is 9.53 Å². The first-order valence-corrected chi connectivity index (χ1v) is 4.72. The van der Waals surface area contributed by atoms with E-state index in [0.717, 1.165) is 31.6 Å². The molecule has 4 heteroatoms. The molecule has 2 unspecified atom stereocenters. The van der Waals surface area contributed by atoms with Crippen LogP contribution in [0.5, 0.6) is 0 Å². The fourth-order valence-electron chi connectivity index (χ4n) is 1.90. The Hall–Kier alpha value is -0.900. The van der Waals surface area contributed by atoms with E-state index in [1.807, 2.05) is 0 Å². The molecule has 1 amide bonds. The molecule has 72 valence electrons. The minimum atomic E-state index is -0.104. The topological polar surface area (TPSA) is 50.7 Å². The fourth-order valence-corrected chi connectivity index (χ4v) is 1.90. The second-order valence-corrected chi connectivity index (χ2v) is 3.63. The van der Waals surface area contributed by atoms with E-state index in [9.17, 15) is 4.79 Å². The third-order valence-corrected chi connectivity index (χ3v) is 2.64. The number of amides is 1. The summed E-state index contributed by atoms with van der Waals surface area (Å²) in [6.07, 6.45) is 3.54. The third kappa shape index (κ3) is 1.72. The summed E-state index contributed by atoms with van der Waals surface area (Å²) in [6, 6.07) is 0. The fraction of sp³-hybridized carbons (Fsp3) is 0.778. The van der Waals surface area contributed by atoms with Gasteiger partial charge in [-0.2, -0.15) is 5.10 Å².